The summed E-state index contributed by atoms with van der Waals surface area (Å²) in [6.07, 6.45) is 10.2. The number of hydrogen-bond acceptors (Lipinski definition) is 2. The third-order valence-electron chi connectivity index (χ3n) is 5.40. The molecular formula is C23H30NO2S+. The van der Waals surface area contributed by atoms with Gasteiger partial charge in [0.1, 0.15) is 18.3 Å². The van der Waals surface area contributed by atoms with Gasteiger partial charge in [-0.05, 0) is 56.4 Å². The van der Waals surface area contributed by atoms with Crippen molar-refractivity contribution in [2.75, 3.05) is 17.8 Å². The number of anilines is 1. The lowest BCUT2D eigenvalue weighted by Gasteiger charge is -2.27. The summed E-state index contributed by atoms with van der Waals surface area (Å²) in [5, 5.41) is 2.86. The van der Waals surface area contributed by atoms with E-state index < -0.39 is 6.09 Å². The van der Waals surface area contributed by atoms with E-state index >= 15 is 0 Å². The number of para-hydroxylation sites is 1. The smallest absolute Gasteiger partial charge is 0.409 e. The summed E-state index contributed by atoms with van der Waals surface area (Å²) in [7, 11) is 0.111. The van der Waals surface area contributed by atoms with Crippen molar-refractivity contribution >= 4 is 22.7 Å². The van der Waals surface area contributed by atoms with Gasteiger partial charge >= 0.3 is 6.09 Å². The lowest BCUT2D eigenvalue weighted by atomic mass is 9.81. The van der Waals surface area contributed by atoms with Crippen LogP contribution < -0.4 is 10.1 Å². The number of ether oxygens (including phenoxy) is 1. The highest BCUT2D eigenvalue weighted by molar-refractivity contribution is 7.95. The van der Waals surface area contributed by atoms with Crippen molar-refractivity contribution in [1.29, 1.82) is 0 Å². The highest BCUT2D eigenvalue weighted by Crippen LogP contribution is 2.43. The van der Waals surface area contributed by atoms with Crippen LogP contribution in [0.25, 0.3) is 0 Å². The van der Waals surface area contributed by atoms with Crippen LogP contribution in [0.15, 0.2) is 41.3 Å². The highest BCUT2D eigenvalue weighted by atomic mass is 32.2. The van der Waals surface area contributed by atoms with Crippen LogP contribution >= 0.6 is 0 Å². The van der Waals surface area contributed by atoms with E-state index in [1.807, 2.05) is 30.3 Å². The Morgan fingerprint density at radius 2 is 1.74 bits per heavy atom. The van der Waals surface area contributed by atoms with E-state index in [9.17, 15) is 4.79 Å². The van der Waals surface area contributed by atoms with E-state index in [0.717, 1.165) is 17.0 Å². The van der Waals surface area contributed by atoms with Gasteiger partial charge in [-0.1, -0.05) is 37.5 Å². The normalized spacial score (nSPS) is 15.0. The number of benzene rings is 2. The molecule has 2 aromatic carbocycles. The number of aryl methyl sites for hydroxylation is 1. The first-order valence-corrected chi connectivity index (χ1v) is 11.8. The third kappa shape index (κ3) is 4.67. The summed E-state index contributed by atoms with van der Waals surface area (Å²) in [4.78, 5) is 13.9. The van der Waals surface area contributed by atoms with Gasteiger partial charge in [-0.15, -0.1) is 0 Å². The predicted octanol–water partition coefficient (Wildman–Crippen LogP) is 6.20. The highest BCUT2D eigenvalue weighted by Gasteiger charge is 2.28. The van der Waals surface area contributed by atoms with Gasteiger partial charge in [0.2, 0.25) is 0 Å². The fourth-order valence-electron chi connectivity index (χ4n) is 4.09. The first kappa shape index (κ1) is 19.8. The third-order valence-corrected chi connectivity index (χ3v) is 6.70. The SMILES string of the molecule is Cc1cc([S+](C)C)c(C)c(OC(=O)Nc2ccccc2)c1C1CCCCC1. The molecule has 144 valence electrons. The first-order valence-electron chi connectivity index (χ1n) is 9.73. The standard InChI is InChI=1S/C23H29NO2S/c1-16-15-20(27(3)4)17(2)22(21(16)18-11-7-5-8-12-18)26-23(25)24-19-13-9-6-10-14-19/h6,9-10,13-15,18H,5,7-8,11-12H2,1-4H3/p+1. The molecule has 0 atom stereocenters. The topological polar surface area (TPSA) is 38.3 Å². The average molecular weight is 385 g/mol. The molecule has 2 aromatic rings. The van der Waals surface area contributed by atoms with Crippen LogP contribution in [-0.2, 0) is 10.9 Å². The Hall–Kier alpha value is -1.94. The fourth-order valence-corrected chi connectivity index (χ4v) is 5.20. The molecule has 1 aliphatic carbocycles. The molecule has 0 saturated heterocycles. The molecule has 1 saturated carbocycles. The minimum atomic E-state index is -0.412. The summed E-state index contributed by atoms with van der Waals surface area (Å²) in [5.74, 6) is 1.27. The van der Waals surface area contributed by atoms with Crippen molar-refractivity contribution < 1.29 is 9.53 Å². The quantitative estimate of drug-likeness (QED) is 0.637. The summed E-state index contributed by atoms with van der Waals surface area (Å²) in [6, 6.07) is 11.8. The maximum Gasteiger partial charge on any atom is 0.417 e. The Bertz CT molecular complexity index is 796. The van der Waals surface area contributed by atoms with Crippen LogP contribution in [0, 0.1) is 13.8 Å². The van der Waals surface area contributed by atoms with Crippen LogP contribution in [0.4, 0.5) is 10.5 Å². The molecule has 3 nitrogen and oxygen atoms in total. The van der Waals surface area contributed by atoms with Gasteiger partial charge in [-0.2, -0.15) is 0 Å². The minimum Gasteiger partial charge on any atom is -0.409 e. The molecule has 0 unspecified atom stereocenters. The van der Waals surface area contributed by atoms with Gasteiger partial charge < -0.3 is 4.74 Å². The van der Waals surface area contributed by atoms with Crippen LogP contribution in [0.2, 0.25) is 0 Å². The largest absolute Gasteiger partial charge is 0.417 e. The van der Waals surface area contributed by atoms with Crippen molar-refractivity contribution in [3.05, 3.63) is 53.1 Å². The molecule has 0 aromatic heterocycles. The monoisotopic (exact) mass is 384 g/mol. The molecule has 1 amide bonds. The molecule has 0 aliphatic heterocycles. The number of hydrogen-bond donors (Lipinski definition) is 1. The molecule has 1 aliphatic rings. The molecule has 0 spiro atoms. The molecule has 1 N–H and O–H groups in total. The van der Waals surface area contributed by atoms with Crippen molar-refractivity contribution in [3.8, 4) is 5.75 Å². The second-order valence-corrected chi connectivity index (χ2v) is 9.66. The van der Waals surface area contributed by atoms with E-state index in [2.05, 4.69) is 37.7 Å². The van der Waals surface area contributed by atoms with Gasteiger partial charge in [0.05, 0.1) is 0 Å². The van der Waals surface area contributed by atoms with E-state index in [1.165, 1.54) is 48.1 Å². The van der Waals surface area contributed by atoms with E-state index in [0.29, 0.717) is 5.92 Å². The zero-order valence-corrected chi connectivity index (χ0v) is 17.6. The Balaban J connectivity index is 1.96. The van der Waals surface area contributed by atoms with Crippen LogP contribution in [0.5, 0.6) is 5.75 Å². The van der Waals surface area contributed by atoms with Gasteiger partial charge in [0, 0.05) is 27.7 Å². The molecular weight excluding hydrogens is 354 g/mol. The van der Waals surface area contributed by atoms with E-state index in [1.54, 1.807) is 0 Å². The van der Waals surface area contributed by atoms with Gasteiger partial charge in [0.15, 0.2) is 4.90 Å². The number of carbonyl (C=O) groups is 1. The van der Waals surface area contributed by atoms with Crippen LogP contribution in [0.1, 0.15) is 54.7 Å². The maximum absolute atomic E-state index is 12.6. The zero-order chi connectivity index (χ0) is 19.4. The maximum atomic E-state index is 12.6. The Labute approximate surface area is 165 Å². The second kappa shape index (κ2) is 8.83. The number of amides is 1. The van der Waals surface area contributed by atoms with Gasteiger partial charge in [0.25, 0.3) is 0 Å². The van der Waals surface area contributed by atoms with Crippen LogP contribution in [0.3, 0.4) is 0 Å². The lowest BCUT2D eigenvalue weighted by molar-refractivity contribution is 0.213. The van der Waals surface area contributed by atoms with E-state index in [4.69, 9.17) is 4.74 Å². The molecule has 3 rings (SSSR count). The van der Waals surface area contributed by atoms with E-state index in [-0.39, 0.29) is 10.9 Å². The first-order chi connectivity index (χ1) is 13.0. The molecule has 0 bridgehead atoms. The van der Waals surface area contributed by atoms with Crippen molar-refractivity contribution in [1.82, 2.24) is 0 Å². The summed E-state index contributed by atoms with van der Waals surface area (Å²) < 4.78 is 5.96. The Kier molecular flexibility index (Phi) is 6.48. The number of rotatable bonds is 4. The average Bonchev–Trinajstić information content (AvgIpc) is 2.66. The Morgan fingerprint density at radius 3 is 2.37 bits per heavy atom. The summed E-state index contributed by atoms with van der Waals surface area (Å²) >= 11 is 0. The summed E-state index contributed by atoms with van der Waals surface area (Å²) in [6.45, 7) is 4.26. The zero-order valence-electron chi connectivity index (χ0n) is 16.8. The van der Waals surface area contributed by atoms with Crippen molar-refractivity contribution in [2.45, 2.75) is 56.8 Å². The molecule has 27 heavy (non-hydrogen) atoms. The van der Waals surface area contributed by atoms with Crippen molar-refractivity contribution in [3.63, 3.8) is 0 Å². The second-order valence-electron chi connectivity index (χ2n) is 7.59. The predicted molar refractivity (Wildman–Crippen MR) is 115 cm³/mol. The van der Waals surface area contributed by atoms with Crippen LogP contribution in [-0.4, -0.2) is 18.6 Å². The summed E-state index contributed by atoms with van der Waals surface area (Å²) in [5.41, 5.74) is 4.35. The Morgan fingerprint density at radius 1 is 1.07 bits per heavy atom. The van der Waals surface area contributed by atoms with Crippen molar-refractivity contribution in [2.24, 2.45) is 0 Å². The van der Waals surface area contributed by atoms with Gasteiger partial charge in [-0.3, -0.25) is 5.32 Å². The lowest BCUT2D eigenvalue weighted by Crippen LogP contribution is -2.20. The molecule has 0 heterocycles. The molecule has 1 fully saturated rings. The number of carbonyl (C=O) groups excluding carboxylic acids is 1. The molecule has 0 radical (unpaired) electrons. The van der Waals surface area contributed by atoms with Gasteiger partial charge in [-0.25, -0.2) is 4.79 Å². The molecule has 4 heteroatoms. The number of nitrogens with one attached hydrogen (secondary N) is 1. The fraction of sp³-hybridized carbons (Fsp3) is 0.435. The minimum absolute atomic E-state index is 0.111.